The van der Waals surface area contributed by atoms with Crippen LogP contribution < -0.4 is 5.32 Å². The second kappa shape index (κ2) is 9.17. The Balaban J connectivity index is 1.79. The molecule has 1 N–H and O–H groups in total. The smallest absolute Gasteiger partial charge is 0.0494 e. The van der Waals surface area contributed by atoms with Crippen LogP contribution in [0.3, 0.4) is 0 Å². The molecular weight excluding hydrogens is 186 g/mol. The minimum atomic E-state index is 0.868. The molecule has 1 saturated carbocycles. The SMILES string of the molecule is CCNCCCCOCC1CCCCC1. The molecule has 0 atom stereocenters. The van der Waals surface area contributed by atoms with Crippen molar-refractivity contribution in [1.29, 1.82) is 0 Å². The summed E-state index contributed by atoms with van der Waals surface area (Å²) in [4.78, 5) is 0. The van der Waals surface area contributed by atoms with Gasteiger partial charge in [0.05, 0.1) is 0 Å². The minimum absolute atomic E-state index is 0.868. The molecule has 0 heterocycles. The third kappa shape index (κ3) is 6.91. The van der Waals surface area contributed by atoms with E-state index in [1.807, 2.05) is 0 Å². The first-order valence-electron chi connectivity index (χ1n) is 6.72. The molecule has 0 unspecified atom stereocenters. The Hall–Kier alpha value is -0.0800. The van der Waals surface area contributed by atoms with E-state index in [-0.39, 0.29) is 0 Å². The van der Waals surface area contributed by atoms with E-state index >= 15 is 0 Å². The van der Waals surface area contributed by atoms with Gasteiger partial charge in [0.15, 0.2) is 0 Å². The van der Waals surface area contributed by atoms with Gasteiger partial charge in [-0.2, -0.15) is 0 Å². The van der Waals surface area contributed by atoms with Gasteiger partial charge in [0, 0.05) is 13.2 Å². The van der Waals surface area contributed by atoms with Crippen LogP contribution in [0.15, 0.2) is 0 Å². The topological polar surface area (TPSA) is 21.3 Å². The van der Waals surface area contributed by atoms with Gasteiger partial charge in [-0.15, -0.1) is 0 Å². The van der Waals surface area contributed by atoms with Gasteiger partial charge in [0.25, 0.3) is 0 Å². The van der Waals surface area contributed by atoms with Crippen LogP contribution in [0.25, 0.3) is 0 Å². The molecule has 15 heavy (non-hydrogen) atoms. The molecule has 2 nitrogen and oxygen atoms in total. The van der Waals surface area contributed by atoms with E-state index < -0.39 is 0 Å². The van der Waals surface area contributed by atoms with Crippen molar-refractivity contribution in [2.45, 2.75) is 51.9 Å². The van der Waals surface area contributed by atoms with Gasteiger partial charge in [-0.3, -0.25) is 0 Å². The monoisotopic (exact) mass is 213 g/mol. The van der Waals surface area contributed by atoms with Crippen molar-refractivity contribution < 1.29 is 4.74 Å². The lowest BCUT2D eigenvalue weighted by molar-refractivity contribution is 0.0828. The van der Waals surface area contributed by atoms with Gasteiger partial charge in [-0.25, -0.2) is 0 Å². The summed E-state index contributed by atoms with van der Waals surface area (Å²) in [7, 11) is 0. The summed E-state index contributed by atoms with van der Waals surface area (Å²) in [6.45, 7) is 6.36. The zero-order valence-electron chi connectivity index (χ0n) is 10.3. The Morgan fingerprint density at radius 3 is 2.67 bits per heavy atom. The van der Waals surface area contributed by atoms with E-state index in [1.165, 1.54) is 44.9 Å². The lowest BCUT2D eigenvalue weighted by Crippen LogP contribution is -2.16. The molecule has 0 radical (unpaired) electrons. The summed E-state index contributed by atoms with van der Waals surface area (Å²) in [5, 5.41) is 3.33. The largest absolute Gasteiger partial charge is 0.381 e. The molecule has 2 heteroatoms. The van der Waals surface area contributed by atoms with Crippen molar-refractivity contribution in [3.05, 3.63) is 0 Å². The Morgan fingerprint density at radius 2 is 1.93 bits per heavy atom. The van der Waals surface area contributed by atoms with E-state index in [0.717, 1.165) is 32.2 Å². The van der Waals surface area contributed by atoms with Crippen LogP contribution >= 0.6 is 0 Å². The summed E-state index contributed by atoms with van der Waals surface area (Å²) < 4.78 is 5.73. The van der Waals surface area contributed by atoms with Crippen LogP contribution in [0.1, 0.15) is 51.9 Å². The summed E-state index contributed by atoms with van der Waals surface area (Å²) in [5.74, 6) is 0.868. The van der Waals surface area contributed by atoms with E-state index in [2.05, 4.69) is 12.2 Å². The Labute approximate surface area is 94.8 Å². The van der Waals surface area contributed by atoms with Crippen molar-refractivity contribution in [3.8, 4) is 0 Å². The highest BCUT2D eigenvalue weighted by atomic mass is 16.5. The summed E-state index contributed by atoms with van der Waals surface area (Å²) >= 11 is 0. The van der Waals surface area contributed by atoms with Crippen molar-refractivity contribution >= 4 is 0 Å². The number of hydrogen-bond donors (Lipinski definition) is 1. The van der Waals surface area contributed by atoms with E-state index in [0.29, 0.717) is 0 Å². The molecule has 0 bridgehead atoms. The van der Waals surface area contributed by atoms with Gasteiger partial charge in [0.2, 0.25) is 0 Å². The zero-order chi connectivity index (χ0) is 10.8. The standard InChI is InChI=1S/C13H27NO/c1-2-14-10-6-7-11-15-12-13-8-4-3-5-9-13/h13-14H,2-12H2,1H3. The van der Waals surface area contributed by atoms with Crippen LogP contribution in [0, 0.1) is 5.92 Å². The maximum Gasteiger partial charge on any atom is 0.0494 e. The average Bonchev–Trinajstić information content (AvgIpc) is 2.29. The van der Waals surface area contributed by atoms with Crippen molar-refractivity contribution in [1.82, 2.24) is 5.32 Å². The molecule has 1 fully saturated rings. The molecule has 90 valence electrons. The van der Waals surface area contributed by atoms with Gasteiger partial charge < -0.3 is 10.1 Å². The number of unbranched alkanes of at least 4 members (excludes halogenated alkanes) is 1. The normalized spacial score (nSPS) is 18.2. The average molecular weight is 213 g/mol. The van der Waals surface area contributed by atoms with Gasteiger partial charge in [-0.1, -0.05) is 26.2 Å². The lowest BCUT2D eigenvalue weighted by Gasteiger charge is -2.21. The molecule has 1 aliphatic rings. The van der Waals surface area contributed by atoms with Crippen molar-refractivity contribution in [3.63, 3.8) is 0 Å². The molecular formula is C13H27NO. The minimum Gasteiger partial charge on any atom is -0.381 e. The van der Waals surface area contributed by atoms with Crippen molar-refractivity contribution in [2.24, 2.45) is 5.92 Å². The van der Waals surface area contributed by atoms with Gasteiger partial charge in [-0.05, 0) is 44.7 Å². The van der Waals surface area contributed by atoms with Crippen LogP contribution in [0.2, 0.25) is 0 Å². The first-order valence-corrected chi connectivity index (χ1v) is 6.72. The fraction of sp³-hybridized carbons (Fsp3) is 1.00. The fourth-order valence-electron chi connectivity index (χ4n) is 2.23. The van der Waals surface area contributed by atoms with Crippen LogP contribution in [-0.2, 0) is 4.74 Å². The molecule has 0 aromatic rings. The molecule has 0 aromatic heterocycles. The van der Waals surface area contributed by atoms with E-state index in [1.54, 1.807) is 0 Å². The second-order valence-corrected chi connectivity index (χ2v) is 4.64. The Morgan fingerprint density at radius 1 is 1.13 bits per heavy atom. The third-order valence-corrected chi connectivity index (χ3v) is 3.22. The second-order valence-electron chi connectivity index (χ2n) is 4.64. The zero-order valence-corrected chi connectivity index (χ0v) is 10.3. The summed E-state index contributed by atoms with van der Waals surface area (Å²) in [6.07, 6.45) is 9.55. The third-order valence-electron chi connectivity index (χ3n) is 3.22. The van der Waals surface area contributed by atoms with Gasteiger partial charge >= 0.3 is 0 Å². The highest BCUT2D eigenvalue weighted by molar-refractivity contribution is 4.64. The lowest BCUT2D eigenvalue weighted by atomic mass is 9.90. The van der Waals surface area contributed by atoms with E-state index in [4.69, 9.17) is 4.74 Å². The van der Waals surface area contributed by atoms with Crippen molar-refractivity contribution in [2.75, 3.05) is 26.3 Å². The Bertz CT molecular complexity index is 132. The quantitative estimate of drug-likeness (QED) is 0.626. The first-order chi connectivity index (χ1) is 7.43. The maximum absolute atomic E-state index is 5.73. The maximum atomic E-state index is 5.73. The fourth-order valence-corrected chi connectivity index (χ4v) is 2.23. The number of nitrogens with one attached hydrogen (secondary N) is 1. The number of ether oxygens (including phenoxy) is 1. The molecule has 1 aliphatic carbocycles. The molecule has 0 aliphatic heterocycles. The molecule has 0 amide bonds. The highest BCUT2D eigenvalue weighted by Crippen LogP contribution is 2.23. The van der Waals surface area contributed by atoms with Crippen LogP contribution in [0.4, 0.5) is 0 Å². The predicted molar refractivity (Wildman–Crippen MR) is 65.2 cm³/mol. The molecule has 0 aromatic carbocycles. The molecule has 0 saturated heterocycles. The van der Waals surface area contributed by atoms with Crippen LogP contribution in [0.5, 0.6) is 0 Å². The first kappa shape index (κ1) is 13.0. The highest BCUT2D eigenvalue weighted by Gasteiger charge is 2.12. The predicted octanol–water partition coefficient (Wildman–Crippen LogP) is 2.97. The number of rotatable bonds is 8. The van der Waals surface area contributed by atoms with Gasteiger partial charge in [0.1, 0.15) is 0 Å². The number of hydrogen-bond acceptors (Lipinski definition) is 2. The van der Waals surface area contributed by atoms with Crippen LogP contribution in [-0.4, -0.2) is 26.3 Å². The summed E-state index contributed by atoms with van der Waals surface area (Å²) in [6, 6.07) is 0. The Kier molecular flexibility index (Phi) is 7.94. The molecule has 1 rings (SSSR count). The summed E-state index contributed by atoms with van der Waals surface area (Å²) in [5.41, 5.74) is 0. The molecule has 0 spiro atoms. The van der Waals surface area contributed by atoms with E-state index in [9.17, 15) is 0 Å².